The molecule has 4 nitrogen and oxygen atoms in total. The van der Waals surface area contributed by atoms with Crippen LogP contribution in [0.1, 0.15) is 25.8 Å². The summed E-state index contributed by atoms with van der Waals surface area (Å²) >= 11 is 6.01. The summed E-state index contributed by atoms with van der Waals surface area (Å²) in [5.41, 5.74) is 5.30. The van der Waals surface area contributed by atoms with Crippen LogP contribution in [0.3, 0.4) is 0 Å². The van der Waals surface area contributed by atoms with Gasteiger partial charge in [-0.2, -0.15) is 0 Å². The number of hydrogen-bond donors (Lipinski definition) is 3. The van der Waals surface area contributed by atoms with E-state index in [2.05, 4.69) is 25.6 Å². The van der Waals surface area contributed by atoms with Gasteiger partial charge in [0.05, 0.1) is 0 Å². The number of aryl methyl sites for hydroxylation is 1. The molecule has 0 aliphatic carbocycles. The fourth-order valence-electron chi connectivity index (χ4n) is 1.15. The number of halogens is 1. The number of aliphatic hydroxyl groups is 1. The summed E-state index contributed by atoms with van der Waals surface area (Å²) in [6.07, 6.45) is 0.973. The minimum atomic E-state index is -1.33. The van der Waals surface area contributed by atoms with Gasteiger partial charge in [-0.25, -0.2) is 4.79 Å². The lowest BCUT2D eigenvalue weighted by atomic mass is 10.0. The average Bonchev–Trinajstić information content (AvgIpc) is 2.30. The van der Waals surface area contributed by atoms with Crippen molar-refractivity contribution in [3.8, 4) is 0 Å². The van der Waals surface area contributed by atoms with Crippen molar-refractivity contribution >= 4 is 17.7 Å². The standard InChI is InChI=1S/C11H15Cl.CH3NO2.CH4O/c1-9(2)7-8-10-5-3-4-6-11(10)12;2-1(3)4;1-2/h3-6,9H,7-8H2,1-2H3;2H2,(H,3,4);2H,1H3. The number of primary amides is 1. The number of amides is 1. The van der Waals surface area contributed by atoms with Gasteiger partial charge in [-0.15, -0.1) is 0 Å². The van der Waals surface area contributed by atoms with Crippen LogP contribution < -0.4 is 5.73 Å². The Hall–Kier alpha value is -1.26. The van der Waals surface area contributed by atoms with E-state index in [1.165, 1.54) is 12.0 Å². The van der Waals surface area contributed by atoms with E-state index in [4.69, 9.17) is 26.6 Å². The molecule has 0 aromatic heterocycles. The third-order valence-electron chi connectivity index (χ3n) is 1.95. The van der Waals surface area contributed by atoms with Gasteiger partial charge in [0.25, 0.3) is 0 Å². The molecule has 104 valence electrons. The molecule has 0 atom stereocenters. The maximum absolute atomic E-state index is 8.78. The van der Waals surface area contributed by atoms with E-state index in [0.29, 0.717) is 0 Å². The van der Waals surface area contributed by atoms with Crippen LogP contribution in [-0.4, -0.2) is 23.4 Å². The fourth-order valence-corrected chi connectivity index (χ4v) is 1.38. The van der Waals surface area contributed by atoms with Gasteiger partial charge in [0, 0.05) is 12.1 Å². The van der Waals surface area contributed by atoms with Crippen molar-refractivity contribution in [3.05, 3.63) is 34.9 Å². The number of benzene rings is 1. The molecule has 5 heteroatoms. The van der Waals surface area contributed by atoms with Crippen molar-refractivity contribution < 1.29 is 15.0 Å². The molecule has 0 saturated carbocycles. The number of nitrogens with two attached hydrogens (primary N) is 1. The van der Waals surface area contributed by atoms with Crippen molar-refractivity contribution in [1.29, 1.82) is 0 Å². The van der Waals surface area contributed by atoms with Gasteiger partial charge in [0.15, 0.2) is 0 Å². The topological polar surface area (TPSA) is 83.5 Å². The van der Waals surface area contributed by atoms with Gasteiger partial charge in [0.1, 0.15) is 0 Å². The van der Waals surface area contributed by atoms with Gasteiger partial charge in [-0.05, 0) is 30.4 Å². The molecule has 0 spiro atoms. The summed E-state index contributed by atoms with van der Waals surface area (Å²) in [5, 5.41) is 15.1. The zero-order valence-electron chi connectivity index (χ0n) is 11.1. The Morgan fingerprint density at radius 2 is 1.78 bits per heavy atom. The molecule has 0 radical (unpaired) electrons. The van der Waals surface area contributed by atoms with Gasteiger partial charge >= 0.3 is 6.09 Å². The summed E-state index contributed by atoms with van der Waals surface area (Å²) in [6, 6.07) is 8.07. The zero-order valence-corrected chi connectivity index (χ0v) is 11.8. The molecule has 1 rings (SSSR count). The number of aliphatic hydroxyl groups excluding tert-OH is 1. The Labute approximate surface area is 113 Å². The third kappa shape index (κ3) is 12.8. The summed E-state index contributed by atoms with van der Waals surface area (Å²) in [5.74, 6) is 0.751. The second-order valence-corrected chi connectivity index (χ2v) is 4.27. The predicted octanol–water partition coefficient (Wildman–Crippen LogP) is 3.16. The largest absolute Gasteiger partial charge is 0.465 e. The highest BCUT2D eigenvalue weighted by Crippen LogP contribution is 2.18. The van der Waals surface area contributed by atoms with Crippen LogP contribution in [0.5, 0.6) is 0 Å². The first-order chi connectivity index (χ1) is 8.43. The first-order valence-corrected chi connectivity index (χ1v) is 5.97. The molecule has 0 bridgehead atoms. The molecule has 0 fully saturated rings. The lowest BCUT2D eigenvalue weighted by Crippen LogP contribution is -2.03. The number of rotatable bonds is 3. The summed E-state index contributed by atoms with van der Waals surface area (Å²) in [4.78, 5) is 8.78. The first kappa shape index (κ1) is 19.1. The Morgan fingerprint density at radius 1 is 1.33 bits per heavy atom. The minimum absolute atomic E-state index is 0.751. The molecule has 0 heterocycles. The van der Waals surface area contributed by atoms with Crippen LogP contribution >= 0.6 is 11.6 Å². The molecule has 0 aliphatic rings. The number of carbonyl (C=O) groups is 1. The van der Waals surface area contributed by atoms with Crippen LogP contribution in [0.2, 0.25) is 5.02 Å². The second kappa shape index (κ2) is 12.2. The predicted molar refractivity (Wildman–Crippen MR) is 75.0 cm³/mol. The van der Waals surface area contributed by atoms with Gasteiger partial charge in [-0.3, -0.25) is 0 Å². The normalized spacial score (nSPS) is 8.78. The SMILES string of the molecule is CC(C)CCc1ccccc1Cl.CO.NC(=O)O. The molecular formula is C13H22ClNO3. The Bertz CT molecular complexity index is 326. The minimum Gasteiger partial charge on any atom is -0.465 e. The molecular weight excluding hydrogens is 254 g/mol. The van der Waals surface area contributed by atoms with E-state index >= 15 is 0 Å². The van der Waals surface area contributed by atoms with Gasteiger partial charge in [-0.1, -0.05) is 43.6 Å². The van der Waals surface area contributed by atoms with Crippen LogP contribution in [0.25, 0.3) is 0 Å². The van der Waals surface area contributed by atoms with Crippen molar-refractivity contribution in [2.75, 3.05) is 7.11 Å². The number of carboxylic acid groups (broad SMARTS) is 1. The monoisotopic (exact) mass is 275 g/mol. The van der Waals surface area contributed by atoms with Crippen LogP contribution in [-0.2, 0) is 6.42 Å². The third-order valence-corrected chi connectivity index (χ3v) is 2.32. The smallest absolute Gasteiger partial charge is 0.402 e. The molecule has 0 aliphatic heterocycles. The molecule has 0 saturated heterocycles. The Morgan fingerprint density at radius 3 is 2.17 bits per heavy atom. The second-order valence-electron chi connectivity index (χ2n) is 3.86. The molecule has 4 N–H and O–H groups in total. The van der Waals surface area contributed by atoms with Crippen molar-refractivity contribution in [1.82, 2.24) is 0 Å². The molecule has 18 heavy (non-hydrogen) atoms. The van der Waals surface area contributed by atoms with Gasteiger partial charge in [0.2, 0.25) is 0 Å². The van der Waals surface area contributed by atoms with E-state index in [9.17, 15) is 0 Å². The molecule has 1 amide bonds. The van der Waals surface area contributed by atoms with E-state index in [-0.39, 0.29) is 0 Å². The van der Waals surface area contributed by atoms with Crippen molar-refractivity contribution in [2.24, 2.45) is 11.7 Å². The van der Waals surface area contributed by atoms with Gasteiger partial charge < -0.3 is 15.9 Å². The average molecular weight is 276 g/mol. The zero-order chi connectivity index (χ0) is 14.6. The first-order valence-electron chi connectivity index (χ1n) is 5.60. The van der Waals surface area contributed by atoms with Crippen molar-refractivity contribution in [3.63, 3.8) is 0 Å². The van der Waals surface area contributed by atoms with E-state index in [1.54, 1.807) is 0 Å². The number of hydrogen-bond acceptors (Lipinski definition) is 2. The summed E-state index contributed by atoms with van der Waals surface area (Å²) in [6.45, 7) is 4.47. The lowest BCUT2D eigenvalue weighted by molar-refractivity contribution is 0.205. The fraction of sp³-hybridized carbons (Fsp3) is 0.462. The van der Waals surface area contributed by atoms with Crippen LogP contribution in [0.15, 0.2) is 24.3 Å². The molecule has 1 aromatic rings. The quantitative estimate of drug-likeness (QED) is 0.792. The Balaban J connectivity index is 0. The highest BCUT2D eigenvalue weighted by atomic mass is 35.5. The molecule has 0 unspecified atom stereocenters. The highest BCUT2D eigenvalue weighted by molar-refractivity contribution is 6.31. The maximum atomic E-state index is 8.78. The Kier molecular flexibility index (Phi) is 12.9. The van der Waals surface area contributed by atoms with Crippen LogP contribution in [0, 0.1) is 5.92 Å². The van der Waals surface area contributed by atoms with E-state index in [0.717, 1.165) is 24.5 Å². The van der Waals surface area contributed by atoms with Crippen LogP contribution in [0.4, 0.5) is 4.79 Å². The highest BCUT2D eigenvalue weighted by Gasteiger charge is 1.99. The summed E-state index contributed by atoms with van der Waals surface area (Å²) < 4.78 is 0. The lowest BCUT2D eigenvalue weighted by Gasteiger charge is -2.05. The van der Waals surface area contributed by atoms with Crippen molar-refractivity contribution in [2.45, 2.75) is 26.7 Å². The maximum Gasteiger partial charge on any atom is 0.402 e. The van der Waals surface area contributed by atoms with E-state index in [1.807, 2.05) is 18.2 Å². The summed E-state index contributed by atoms with van der Waals surface area (Å²) in [7, 11) is 1.00. The van der Waals surface area contributed by atoms with E-state index < -0.39 is 6.09 Å². The molecule has 1 aromatic carbocycles.